The van der Waals surface area contributed by atoms with Gasteiger partial charge in [0.25, 0.3) is 5.91 Å². The molecular weight excluding hydrogens is 204 g/mol. The molecule has 5 heteroatoms. The molecule has 94 valence electrons. The summed E-state index contributed by atoms with van der Waals surface area (Å²) in [5.41, 5.74) is 2.26. The van der Waals surface area contributed by atoms with Crippen LogP contribution < -0.4 is 11.3 Å². The molecule has 0 aromatic rings. The summed E-state index contributed by atoms with van der Waals surface area (Å²) in [5.74, 6) is 5.15. The zero-order valence-electron chi connectivity index (χ0n) is 10.6. The van der Waals surface area contributed by atoms with Crippen LogP contribution in [0.15, 0.2) is 0 Å². The molecule has 1 rings (SSSR count). The van der Waals surface area contributed by atoms with Crippen LogP contribution in [0.1, 0.15) is 26.7 Å². The summed E-state index contributed by atoms with van der Waals surface area (Å²) in [6.45, 7) is 7.14. The second-order valence-corrected chi connectivity index (χ2v) is 4.47. The average molecular weight is 228 g/mol. The highest BCUT2D eigenvalue weighted by Gasteiger charge is 2.30. The number of rotatable bonds is 4. The van der Waals surface area contributed by atoms with Crippen molar-refractivity contribution < 1.29 is 4.79 Å². The lowest BCUT2D eigenvalue weighted by Gasteiger charge is -2.41. The van der Waals surface area contributed by atoms with Gasteiger partial charge in [0, 0.05) is 25.7 Å². The van der Waals surface area contributed by atoms with E-state index in [0.717, 1.165) is 32.5 Å². The average Bonchev–Trinajstić information content (AvgIpc) is 2.31. The van der Waals surface area contributed by atoms with Crippen LogP contribution in [0.5, 0.6) is 0 Å². The zero-order chi connectivity index (χ0) is 12.1. The number of amides is 1. The number of piperazine rings is 1. The molecule has 0 radical (unpaired) electrons. The van der Waals surface area contributed by atoms with Crippen molar-refractivity contribution in [1.82, 2.24) is 15.2 Å². The topological polar surface area (TPSA) is 61.6 Å². The number of nitrogens with two attached hydrogens (primary N) is 1. The summed E-state index contributed by atoms with van der Waals surface area (Å²) in [7, 11) is 2.15. The van der Waals surface area contributed by atoms with E-state index in [0.29, 0.717) is 6.04 Å². The minimum absolute atomic E-state index is 0.0677. The third-order valence-corrected chi connectivity index (χ3v) is 3.55. The van der Waals surface area contributed by atoms with Crippen LogP contribution in [0.3, 0.4) is 0 Å². The van der Waals surface area contributed by atoms with Crippen molar-refractivity contribution in [3.05, 3.63) is 0 Å². The molecule has 2 unspecified atom stereocenters. The van der Waals surface area contributed by atoms with Crippen LogP contribution in [0.2, 0.25) is 0 Å². The normalized spacial score (nSPS) is 25.4. The van der Waals surface area contributed by atoms with Crippen molar-refractivity contribution in [2.45, 2.75) is 38.8 Å². The van der Waals surface area contributed by atoms with Gasteiger partial charge in [0.2, 0.25) is 0 Å². The standard InChI is InChI=1S/C11H24N4O/c1-4-9-8-15(7-6-14(9)3)10(5-2)11(16)13-12/h9-10H,4-8,12H2,1-3H3,(H,13,16). The number of hydrogen-bond acceptors (Lipinski definition) is 4. The maximum absolute atomic E-state index is 11.6. The Hall–Kier alpha value is -0.650. The van der Waals surface area contributed by atoms with Crippen molar-refractivity contribution in [2.75, 3.05) is 26.7 Å². The minimum atomic E-state index is -0.0762. The molecule has 1 fully saturated rings. The molecule has 0 aromatic heterocycles. The largest absolute Gasteiger partial charge is 0.301 e. The lowest BCUT2D eigenvalue weighted by Crippen LogP contribution is -2.58. The van der Waals surface area contributed by atoms with Crippen molar-refractivity contribution in [1.29, 1.82) is 0 Å². The Labute approximate surface area is 97.9 Å². The first kappa shape index (κ1) is 13.4. The number of nitrogens with one attached hydrogen (secondary N) is 1. The predicted molar refractivity (Wildman–Crippen MR) is 64.7 cm³/mol. The lowest BCUT2D eigenvalue weighted by molar-refractivity contribution is -0.127. The van der Waals surface area contributed by atoms with Crippen LogP contribution in [0.25, 0.3) is 0 Å². The van der Waals surface area contributed by atoms with Gasteiger partial charge in [0.15, 0.2) is 0 Å². The van der Waals surface area contributed by atoms with E-state index in [2.05, 4.69) is 29.2 Å². The number of hydrazine groups is 1. The highest BCUT2D eigenvalue weighted by Crippen LogP contribution is 2.15. The van der Waals surface area contributed by atoms with E-state index in [9.17, 15) is 4.79 Å². The van der Waals surface area contributed by atoms with Gasteiger partial charge >= 0.3 is 0 Å². The molecule has 1 saturated heterocycles. The summed E-state index contributed by atoms with van der Waals surface area (Å²) >= 11 is 0. The Balaban J connectivity index is 2.62. The maximum atomic E-state index is 11.6. The van der Waals surface area contributed by atoms with Crippen molar-refractivity contribution >= 4 is 5.91 Å². The molecule has 1 heterocycles. The molecule has 0 aromatic carbocycles. The van der Waals surface area contributed by atoms with E-state index in [1.807, 2.05) is 6.92 Å². The highest BCUT2D eigenvalue weighted by molar-refractivity contribution is 5.81. The molecule has 0 bridgehead atoms. The Morgan fingerprint density at radius 1 is 1.50 bits per heavy atom. The van der Waals surface area contributed by atoms with E-state index in [4.69, 9.17) is 5.84 Å². The van der Waals surface area contributed by atoms with E-state index in [1.54, 1.807) is 0 Å². The fourth-order valence-electron chi connectivity index (χ4n) is 2.40. The van der Waals surface area contributed by atoms with E-state index in [1.165, 1.54) is 0 Å². The molecule has 0 saturated carbocycles. The highest BCUT2D eigenvalue weighted by atomic mass is 16.2. The molecular formula is C11H24N4O. The van der Waals surface area contributed by atoms with Gasteiger partial charge in [0.05, 0.1) is 6.04 Å². The lowest BCUT2D eigenvalue weighted by atomic mass is 10.1. The van der Waals surface area contributed by atoms with E-state index >= 15 is 0 Å². The first-order chi connectivity index (χ1) is 7.63. The smallest absolute Gasteiger partial charge is 0.251 e. The first-order valence-electron chi connectivity index (χ1n) is 6.08. The third-order valence-electron chi connectivity index (χ3n) is 3.55. The molecule has 1 amide bonds. The number of likely N-dealkylation sites (N-methyl/N-ethyl adjacent to an activating group) is 1. The van der Waals surface area contributed by atoms with Crippen LogP contribution in [-0.4, -0.2) is 54.5 Å². The molecule has 16 heavy (non-hydrogen) atoms. The molecule has 1 aliphatic rings. The Morgan fingerprint density at radius 2 is 2.19 bits per heavy atom. The van der Waals surface area contributed by atoms with Crippen LogP contribution in [-0.2, 0) is 4.79 Å². The summed E-state index contributed by atoms with van der Waals surface area (Å²) in [5, 5.41) is 0. The number of nitrogens with zero attached hydrogens (tertiary/aromatic N) is 2. The first-order valence-corrected chi connectivity index (χ1v) is 6.08. The number of carbonyl (C=O) groups is 1. The number of carbonyl (C=O) groups excluding carboxylic acids is 1. The third kappa shape index (κ3) is 2.93. The molecule has 2 atom stereocenters. The Morgan fingerprint density at radius 3 is 2.69 bits per heavy atom. The van der Waals surface area contributed by atoms with Crippen LogP contribution in [0, 0.1) is 0 Å². The minimum Gasteiger partial charge on any atom is -0.301 e. The summed E-state index contributed by atoms with van der Waals surface area (Å²) in [6, 6.07) is 0.473. The zero-order valence-corrected chi connectivity index (χ0v) is 10.6. The summed E-state index contributed by atoms with van der Waals surface area (Å²) in [6.07, 6.45) is 1.93. The second-order valence-electron chi connectivity index (χ2n) is 4.47. The van der Waals surface area contributed by atoms with Gasteiger partial charge in [-0.25, -0.2) is 5.84 Å². The van der Waals surface area contributed by atoms with Crippen molar-refractivity contribution in [3.8, 4) is 0 Å². The summed E-state index contributed by atoms with van der Waals surface area (Å²) in [4.78, 5) is 16.2. The second kappa shape index (κ2) is 6.18. The molecule has 3 N–H and O–H groups in total. The van der Waals surface area contributed by atoms with Crippen LogP contribution in [0.4, 0.5) is 0 Å². The molecule has 5 nitrogen and oxygen atoms in total. The van der Waals surface area contributed by atoms with E-state index < -0.39 is 0 Å². The van der Waals surface area contributed by atoms with Gasteiger partial charge < -0.3 is 4.90 Å². The van der Waals surface area contributed by atoms with Crippen molar-refractivity contribution in [2.24, 2.45) is 5.84 Å². The Bertz CT molecular complexity index is 234. The van der Waals surface area contributed by atoms with Gasteiger partial charge in [0.1, 0.15) is 0 Å². The molecule has 0 spiro atoms. The monoisotopic (exact) mass is 228 g/mol. The molecule has 1 aliphatic heterocycles. The fourth-order valence-corrected chi connectivity index (χ4v) is 2.40. The summed E-state index contributed by atoms with van der Waals surface area (Å²) < 4.78 is 0. The van der Waals surface area contributed by atoms with Crippen molar-refractivity contribution in [3.63, 3.8) is 0 Å². The molecule has 0 aliphatic carbocycles. The SMILES string of the molecule is CCC1CN(C(CC)C(=O)NN)CCN1C. The van der Waals surface area contributed by atoms with Gasteiger partial charge in [-0.1, -0.05) is 13.8 Å². The quantitative estimate of drug-likeness (QED) is 0.397. The number of hydrogen-bond donors (Lipinski definition) is 2. The van der Waals surface area contributed by atoms with Gasteiger partial charge in [-0.2, -0.15) is 0 Å². The van der Waals surface area contributed by atoms with Gasteiger partial charge in [-0.15, -0.1) is 0 Å². The van der Waals surface area contributed by atoms with E-state index in [-0.39, 0.29) is 11.9 Å². The predicted octanol–water partition coefficient (Wildman–Crippen LogP) is -0.219. The maximum Gasteiger partial charge on any atom is 0.251 e. The van der Waals surface area contributed by atoms with Gasteiger partial charge in [-0.3, -0.25) is 15.1 Å². The Kier molecular flexibility index (Phi) is 5.18. The van der Waals surface area contributed by atoms with Gasteiger partial charge in [-0.05, 0) is 19.9 Å². The fraction of sp³-hybridized carbons (Fsp3) is 0.909. The van der Waals surface area contributed by atoms with Crippen LogP contribution >= 0.6 is 0 Å².